The Kier molecular flexibility index (Phi) is 4.75. The zero-order chi connectivity index (χ0) is 15.7. The van der Waals surface area contributed by atoms with E-state index in [1.807, 2.05) is 27.7 Å². The highest BCUT2D eigenvalue weighted by Gasteiger charge is 2.26. The fourth-order valence-corrected chi connectivity index (χ4v) is 3.16. The molecule has 1 unspecified atom stereocenters. The summed E-state index contributed by atoms with van der Waals surface area (Å²) in [6.45, 7) is 9.40. The maximum absolute atomic E-state index is 12.3. The third kappa shape index (κ3) is 4.79. The van der Waals surface area contributed by atoms with Crippen molar-refractivity contribution in [1.29, 1.82) is 0 Å². The molecule has 1 heterocycles. The van der Waals surface area contributed by atoms with Crippen LogP contribution in [0.4, 0.5) is 0 Å². The first-order valence-electron chi connectivity index (χ1n) is 7.46. The summed E-state index contributed by atoms with van der Waals surface area (Å²) in [4.78, 5) is 0.227. The van der Waals surface area contributed by atoms with Gasteiger partial charge in [0.1, 0.15) is 4.90 Å². The van der Waals surface area contributed by atoms with Crippen molar-refractivity contribution in [1.82, 2.24) is 19.8 Å². The predicted molar refractivity (Wildman–Crippen MR) is 82.5 cm³/mol. The predicted octanol–water partition coefficient (Wildman–Crippen LogP) is 1.35. The van der Waals surface area contributed by atoms with Gasteiger partial charge in [0.05, 0.1) is 12.7 Å². The molecule has 1 aromatic heterocycles. The molecule has 1 fully saturated rings. The number of sulfonamides is 1. The first-order valence-corrected chi connectivity index (χ1v) is 8.95. The molecule has 1 atom stereocenters. The standard InChI is InChI=1S/C14H26N4O2S/c1-11(14(2,3)4)17-21(19,20)13-9-16-18(10-13)8-7-15-12-5-6-12/h9-12,15,17H,5-8H2,1-4H3. The molecule has 0 bridgehead atoms. The highest BCUT2D eigenvalue weighted by Crippen LogP contribution is 2.21. The fraction of sp³-hybridized carbons (Fsp3) is 0.786. The second-order valence-corrected chi connectivity index (χ2v) is 8.59. The topological polar surface area (TPSA) is 76.0 Å². The third-order valence-electron chi connectivity index (χ3n) is 3.90. The number of nitrogens with zero attached hydrogens (tertiary/aromatic N) is 2. The van der Waals surface area contributed by atoms with Crippen molar-refractivity contribution in [3.8, 4) is 0 Å². The van der Waals surface area contributed by atoms with Crippen LogP contribution in [-0.4, -0.2) is 36.8 Å². The average Bonchev–Trinajstić information content (AvgIpc) is 3.03. The van der Waals surface area contributed by atoms with E-state index in [0.717, 1.165) is 6.54 Å². The van der Waals surface area contributed by atoms with Crippen LogP contribution in [0.25, 0.3) is 0 Å². The van der Waals surface area contributed by atoms with Crippen molar-refractivity contribution in [3.05, 3.63) is 12.4 Å². The summed E-state index contributed by atoms with van der Waals surface area (Å²) in [5, 5.41) is 7.51. The van der Waals surface area contributed by atoms with Gasteiger partial charge >= 0.3 is 0 Å². The molecule has 1 aliphatic rings. The van der Waals surface area contributed by atoms with Gasteiger partial charge < -0.3 is 5.32 Å². The van der Waals surface area contributed by atoms with Crippen LogP contribution in [-0.2, 0) is 16.6 Å². The van der Waals surface area contributed by atoms with Crippen molar-refractivity contribution in [2.24, 2.45) is 5.41 Å². The van der Waals surface area contributed by atoms with Gasteiger partial charge in [-0.15, -0.1) is 0 Å². The molecule has 1 saturated carbocycles. The van der Waals surface area contributed by atoms with Gasteiger partial charge in [0.15, 0.2) is 0 Å². The molecule has 2 rings (SSSR count). The Bertz CT molecular complexity index is 570. The summed E-state index contributed by atoms with van der Waals surface area (Å²) in [6, 6.07) is 0.500. The van der Waals surface area contributed by atoms with E-state index in [0.29, 0.717) is 12.6 Å². The molecule has 0 aromatic carbocycles. The minimum atomic E-state index is -3.50. The normalized spacial score (nSPS) is 17.9. The molecular weight excluding hydrogens is 288 g/mol. The Labute approximate surface area is 127 Å². The van der Waals surface area contributed by atoms with Crippen LogP contribution in [0.15, 0.2) is 17.3 Å². The van der Waals surface area contributed by atoms with Gasteiger partial charge in [0, 0.05) is 24.8 Å². The van der Waals surface area contributed by atoms with Crippen molar-refractivity contribution in [2.75, 3.05) is 6.54 Å². The minimum Gasteiger partial charge on any atom is -0.312 e. The molecule has 7 heteroatoms. The van der Waals surface area contributed by atoms with Crippen LogP contribution in [0.2, 0.25) is 0 Å². The SMILES string of the molecule is CC(NS(=O)(=O)c1cnn(CCNC2CC2)c1)C(C)(C)C. The number of nitrogens with one attached hydrogen (secondary N) is 2. The molecule has 2 N–H and O–H groups in total. The lowest BCUT2D eigenvalue weighted by Gasteiger charge is -2.27. The van der Waals surface area contributed by atoms with Gasteiger partial charge in [-0.3, -0.25) is 4.68 Å². The lowest BCUT2D eigenvalue weighted by Crippen LogP contribution is -2.41. The van der Waals surface area contributed by atoms with Crippen LogP contribution in [0.5, 0.6) is 0 Å². The Morgan fingerprint density at radius 1 is 1.43 bits per heavy atom. The molecule has 1 aliphatic carbocycles. The maximum Gasteiger partial charge on any atom is 0.243 e. The maximum atomic E-state index is 12.3. The minimum absolute atomic E-state index is 0.128. The van der Waals surface area contributed by atoms with Gasteiger partial charge in [0.25, 0.3) is 0 Å². The molecule has 1 aromatic rings. The number of aromatic nitrogens is 2. The molecule has 120 valence electrons. The molecule has 0 spiro atoms. The average molecular weight is 314 g/mol. The number of hydrogen-bond acceptors (Lipinski definition) is 4. The highest BCUT2D eigenvalue weighted by atomic mass is 32.2. The lowest BCUT2D eigenvalue weighted by molar-refractivity contribution is 0.317. The van der Waals surface area contributed by atoms with E-state index in [-0.39, 0.29) is 16.4 Å². The second kappa shape index (κ2) is 6.06. The molecule has 0 aliphatic heterocycles. The van der Waals surface area contributed by atoms with Crippen molar-refractivity contribution in [3.63, 3.8) is 0 Å². The fourth-order valence-electron chi connectivity index (χ4n) is 1.75. The van der Waals surface area contributed by atoms with Crippen molar-refractivity contribution >= 4 is 10.0 Å². The van der Waals surface area contributed by atoms with Crippen LogP contribution in [0.1, 0.15) is 40.5 Å². The van der Waals surface area contributed by atoms with E-state index in [1.165, 1.54) is 19.0 Å². The molecule has 0 radical (unpaired) electrons. The van der Waals surface area contributed by atoms with Crippen LogP contribution in [0.3, 0.4) is 0 Å². The number of rotatable bonds is 7. The summed E-state index contributed by atoms with van der Waals surface area (Å²) >= 11 is 0. The summed E-state index contributed by atoms with van der Waals surface area (Å²) in [5.41, 5.74) is -0.128. The Morgan fingerprint density at radius 2 is 2.10 bits per heavy atom. The number of hydrogen-bond donors (Lipinski definition) is 2. The van der Waals surface area contributed by atoms with Gasteiger partial charge in [-0.1, -0.05) is 20.8 Å². The first-order chi connectivity index (χ1) is 9.68. The summed E-state index contributed by atoms with van der Waals surface area (Å²) in [6.07, 6.45) is 5.49. The van der Waals surface area contributed by atoms with Crippen molar-refractivity contribution < 1.29 is 8.42 Å². The molecule has 0 saturated heterocycles. The first kappa shape index (κ1) is 16.5. The zero-order valence-corrected chi connectivity index (χ0v) is 14.1. The van der Waals surface area contributed by atoms with Gasteiger partial charge in [-0.05, 0) is 25.2 Å². The monoisotopic (exact) mass is 314 g/mol. The van der Waals surface area contributed by atoms with E-state index in [2.05, 4.69) is 15.1 Å². The molecular formula is C14H26N4O2S. The third-order valence-corrected chi connectivity index (χ3v) is 5.40. The largest absolute Gasteiger partial charge is 0.312 e. The molecule has 0 amide bonds. The van der Waals surface area contributed by atoms with E-state index in [9.17, 15) is 8.42 Å². The van der Waals surface area contributed by atoms with E-state index >= 15 is 0 Å². The zero-order valence-electron chi connectivity index (χ0n) is 13.3. The Hall–Kier alpha value is -0.920. The van der Waals surface area contributed by atoms with Crippen LogP contribution in [0, 0.1) is 5.41 Å². The van der Waals surface area contributed by atoms with E-state index < -0.39 is 10.0 Å². The van der Waals surface area contributed by atoms with Crippen molar-refractivity contribution in [2.45, 2.75) is 64.1 Å². The van der Waals surface area contributed by atoms with Gasteiger partial charge in [0.2, 0.25) is 10.0 Å². The highest BCUT2D eigenvalue weighted by molar-refractivity contribution is 7.89. The van der Waals surface area contributed by atoms with E-state index in [1.54, 1.807) is 10.9 Å². The summed E-state index contributed by atoms with van der Waals surface area (Å²) in [7, 11) is -3.50. The Balaban J connectivity index is 1.94. The van der Waals surface area contributed by atoms with Crippen LogP contribution < -0.4 is 10.0 Å². The Morgan fingerprint density at radius 3 is 2.67 bits per heavy atom. The van der Waals surface area contributed by atoms with Gasteiger partial charge in [-0.25, -0.2) is 13.1 Å². The quantitative estimate of drug-likeness (QED) is 0.796. The second-order valence-electron chi connectivity index (χ2n) is 6.88. The van der Waals surface area contributed by atoms with Gasteiger partial charge in [-0.2, -0.15) is 5.10 Å². The molecule has 21 heavy (non-hydrogen) atoms. The molecule has 6 nitrogen and oxygen atoms in total. The lowest BCUT2D eigenvalue weighted by atomic mass is 9.89. The smallest absolute Gasteiger partial charge is 0.243 e. The van der Waals surface area contributed by atoms with E-state index in [4.69, 9.17) is 0 Å². The summed E-state index contributed by atoms with van der Waals surface area (Å²) in [5.74, 6) is 0. The summed E-state index contributed by atoms with van der Waals surface area (Å²) < 4.78 is 29.0. The van der Waals surface area contributed by atoms with Crippen LogP contribution >= 0.6 is 0 Å².